The van der Waals surface area contributed by atoms with E-state index in [0.29, 0.717) is 19.1 Å². The highest BCUT2D eigenvalue weighted by molar-refractivity contribution is 7.12. The molecule has 1 saturated carbocycles. The van der Waals surface area contributed by atoms with Crippen molar-refractivity contribution in [2.24, 2.45) is 11.8 Å². The molecule has 24 heavy (non-hydrogen) atoms. The molecule has 2 saturated heterocycles. The van der Waals surface area contributed by atoms with E-state index in [1.54, 1.807) is 0 Å². The third-order valence-electron chi connectivity index (χ3n) is 5.24. The molecular weight excluding hydrogens is 324 g/mol. The zero-order valence-corrected chi connectivity index (χ0v) is 15.1. The molecule has 3 heterocycles. The van der Waals surface area contributed by atoms with E-state index in [4.69, 9.17) is 9.47 Å². The highest BCUT2D eigenvalue weighted by Crippen LogP contribution is 2.33. The summed E-state index contributed by atoms with van der Waals surface area (Å²) < 4.78 is 11.7. The third kappa shape index (κ3) is 3.46. The number of ether oxygens (including phenoxy) is 2. The topological polar surface area (TPSA) is 42.0 Å². The molecule has 2 atom stereocenters. The van der Waals surface area contributed by atoms with E-state index in [1.165, 1.54) is 30.7 Å². The second kappa shape index (κ2) is 7.02. The molecule has 0 spiro atoms. The van der Waals surface area contributed by atoms with Crippen LogP contribution in [0.1, 0.15) is 29.4 Å². The minimum Gasteiger partial charge on any atom is -0.492 e. The molecule has 2 aliphatic heterocycles. The molecule has 1 aliphatic carbocycles. The minimum atomic E-state index is 0.0962. The van der Waals surface area contributed by atoms with Gasteiger partial charge < -0.3 is 19.3 Å². The summed E-state index contributed by atoms with van der Waals surface area (Å²) in [5, 5.41) is 1.93. The van der Waals surface area contributed by atoms with Gasteiger partial charge in [0.05, 0.1) is 19.3 Å². The molecule has 1 aromatic heterocycles. The summed E-state index contributed by atoms with van der Waals surface area (Å²) in [6.45, 7) is 8.14. The van der Waals surface area contributed by atoms with Crippen LogP contribution in [0.4, 0.5) is 0 Å². The standard InChI is InChI=1S/C18H26N2O3S/c1-2-22-15-5-8-24-17(15)18(21)20-11-14-10-19(9-13-3-4-13)6-7-23-16(14)12-20/h5,8,13-14,16H,2-4,6-7,9-12H2,1H3/t14-,16+/m0/s1. The van der Waals surface area contributed by atoms with Gasteiger partial charge in [0.25, 0.3) is 5.91 Å². The van der Waals surface area contributed by atoms with Crippen molar-refractivity contribution in [1.29, 1.82) is 0 Å². The van der Waals surface area contributed by atoms with Crippen LogP contribution in [-0.2, 0) is 4.74 Å². The number of fused-ring (bicyclic) bond motifs is 1. The summed E-state index contributed by atoms with van der Waals surface area (Å²) in [4.78, 5) is 18.1. The van der Waals surface area contributed by atoms with Gasteiger partial charge in [-0.15, -0.1) is 11.3 Å². The van der Waals surface area contributed by atoms with Crippen molar-refractivity contribution in [3.05, 3.63) is 16.3 Å². The Morgan fingerprint density at radius 2 is 2.25 bits per heavy atom. The van der Waals surface area contributed by atoms with Crippen molar-refractivity contribution in [2.45, 2.75) is 25.9 Å². The smallest absolute Gasteiger partial charge is 0.267 e. The zero-order chi connectivity index (χ0) is 16.5. The predicted octanol–water partition coefficient (Wildman–Crippen LogP) is 2.33. The number of likely N-dealkylation sites (tertiary alicyclic amines) is 1. The van der Waals surface area contributed by atoms with Crippen molar-refractivity contribution < 1.29 is 14.3 Å². The number of thiophene rings is 1. The Hall–Kier alpha value is -1.11. The zero-order valence-electron chi connectivity index (χ0n) is 14.3. The lowest BCUT2D eigenvalue weighted by Crippen LogP contribution is -2.35. The lowest BCUT2D eigenvalue weighted by molar-refractivity contribution is 0.0484. The molecule has 6 heteroatoms. The van der Waals surface area contributed by atoms with Crippen LogP contribution in [0.2, 0.25) is 0 Å². The van der Waals surface area contributed by atoms with E-state index in [2.05, 4.69) is 4.90 Å². The summed E-state index contributed by atoms with van der Waals surface area (Å²) in [6, 6.07) is 1.89. The molecule has 132 valence electrons. The Bertz CT molecular complexity index is 587. The van der Waals surface area contributed by atoms with Crippen LogP contribution in [0, 0.1) is 11.8 Å². The summed E-state index contributed by atoms with van der Waals surface area (Å²) in [6.07, 6.45) is 2.96. The lowest BCUT2D eigenvalue weighted by atomic mass is 10.1. The SMILES string of the molecule is CCOc1ccsc1C(=O)N1C[C@@H]2CN(CC3CC3)CCO[C@@H]2C1. The third-order valence-corrected chi connectivity index (χ3v) is 6.12. The number of hydrogen-bond donors (Lipinski definition) is 0. The number of amides is 1. The Morgan fingerprint density at radius 1 is 1.38 bits per heavy atom. The average Bonchev–Trinajstić information content (AvgIpc) is 3.18. The molecule has 1 aromatic rings. The first-order valence-corrected chi connectivity index (χ1v) is 9.96. The summed E-state index contributed by atoms with van der Waals surface area (Å²) >= 11 is 1.47. The Morgan fingerprint density at radius 3 is 3.04 bits per heavy atom. The molecule has 4 rings (SSSR count). The number of nitrogens with zero attached hydrogens (tertiary/aromatic N) is 2. The molecule has 0 radical (unpaired) electrons. The van der Waals surface area contributed by atoms with Gasteiger partial charge in [0, 0.05) is 38.6 Å². The Balaban J connectivity index is 1.41. The van der Waals surface area contributed by atoms with Gasteiger partial charge in [-0.2, -0.15) is 0 Å². The van der Waals surface area contributed by atoms with Crippen molar-refractivity contribution in [3.63, 3.8) is 0 Å². The number of hydrogen-bond acceptors (Lipinski definition) is 5. The highest BCUT2D eigenvalue weighted by atomic mass is 32.1. The van der Waals surface area contributed by atoms with Crippen molar-refractivity contribution in [2.75, 3.05) is 45.9 Å². The first-order valence-electron chi connectivity index (χ1n) is 9.08. The fourth-order valence-electron chi connectivity index (χ4n) is 3.83. The molecule has 0 bridgehead atoms. The minimum absolute atomic E-state index is 0.0962. The van der Waals surface area contributed by atoms with Crippen LogP contribution in [0.25, 0.3) is 0 Å². The maximum Gasteiger partial charge on any atom is 0.267 e. The molecule has 5 nitrogen and oxygen atoms in total. The van der Waals surface area contributed by atoms with Gasteiger partial charge in [-0.3, -0.25) is 4.79 Å². The van der Waals surface area contributed by atoms with E-state index >= 15 is 0 Å². The van der Waals surface area contributed by atoms with Crippen LogP contribution in [0.5, 0.6) is 5.75 Å². The number of carbonyl (C=O) groups excluding carboxylic acids is 1. The van der Waals surface area contributed by atoms with Gasteiger partial charge in [0.15, 0.2) is 0 Å². The van der Waals surface area contributed by atoms with Gasteiger partial charge in [0.2, 0.25) is 0 Å². The van der Waals surface area contributed by atoms with E-state index in [1.807, 2.05) is 23.3 Å². The van der Waals surface area contributed by atoms with E-state index in [0.717, 1.165) is 42.8 Å². The van der Waals surface area contributed by atoms with Crippen LogP contribution in [-0.4, -0.2) is 67.7 Å². The van der Waals surface area contributed by atoms with Gasteiger partial charge in [-0.1, -0.05) is 0 Å². The van der Waals surface area contributed by atoms with Crippen molar-refractivity contribution >= 4 is 17.2 Å². The fourth-order valence-corrected chi connectivity index (χ4v) is 4.63. The first-order chi connectivity index (χ1) is 11.7. The molecule has 1 amide bonds. The van der Waals surface area contributed by atoms with E-state index < -0.39 is 0 Å². The molecule has 3 fully saturated rings. The monoisotopic (exact) mass is 350 g/mol. The summed E-state index contributed by atoms with van der Waals surface area (Å²) in [7, 11) is 0. The van der Waals surface area contributed by atoms with Crippen molar-refractivity contribution in [1.82, 2.24) is 9.80 Å². The molecular formula is C18H26N2O3S. The summed E-state index contributed by atoms with van der Waals surface area (Å²) in [5.41, 5.74) is 0. The summed E-state index contributed by atoms with van der Waals surface area (Å²) in [5.74, 6) is 2.15. The van der Waals surface area contributed by atoms with Crippen LogP contribution < -0.4 is 4.74 Å². The fraction of sp³-hybridized carbons (Fsp3) is 0.722. The molecule has 3 aliphatic rings. The van der Waals surface area contributed by atoms with Crippen molar-refractivity contribution in [3.8, 4) is 5.75 Å². The van der Waals surface area contributed by atoms with Gasteiger partial charge >= 0.3 is 0 Å². The second-order valence-electron chi connectivity index (χ2n) is 7.13. The number of carbonyl (C=O) groups is 1. The molecule has 0 unspecified atom stereocenters. The van der Waals surface area contributed by atoms with E-state index in [9.17, 15) is 4.79 Å². The highest BCUT2D eigenvalue weighted by Gasteiger charge is 2.40. The maximum atomic E-state index is 12.9. The average molecular weight is 350 g/mol. The van der Waals surface area contributed by atoms with Crippen LogP contribution in [0.15, 0.2) is 11.4 Å². The number of rotatable bonds is 5. The molecule has 0 N–H and O–H groups in total. The van der Waals surface area contributed by atoms with Crippen LogP contribution >= 0.6 is 11.3 Å². The van der Waals surface area contributed by atoms with Gasteiger partial charge in [-0.05, 0) is 37.1 Å². The van der Waals surface area contributed by atoms with Gasteiger partial charge in [-0.25, -0.2) is 0 Å². The van der Waals surface area contributed by atoms with E-state index in [-0.39, 0.29) is 12.0 Å². The second-order valence-corrected chi connectivity index (χ2v) is 8.05. The van der Waals surface area contributed by atoms with Crippen LogP contribution in [0.3, 0.4) is 0 Å². The van der Waals surface area contributed by atoms with Gasteiger partial charge in [0.1, 0.15) is 10.6 Å². The predicted molar refractivity (Wildman–Crippen MR) is 93.8 cm³/mol. The normalized spacial score (nSPS) is 27.8. The Labute approximate surface area is 147 Å². The first kappa shape index (κ1) is 16.4. The molecule has 0 aromatic carbocycles. The maximum absolute atomic E-state index is 12.9. The lowest BCUT2D eigenvalue weighted by Gasteiger charge is -2.23. The quantitative estimate of drug-likeness (QED) is 0.817. The Kier molecular flexibility index (Phi) is 4.79. The largest absolute Gasteiger partial charge is 0.492 e.